The van der Waals surface area contributed by atoms with Crippen molar-refractivity contribution in [1.29, 1.82) is 0 Å². The van der Waals surface area contributed by atoms with Gasteiger partial charge in [-0.1, -0.05) is 13.8 Å². The number of ether oxygens (including phenoxy) is 1. The Bertz CT molecular complexity index is 576. The highest BCUT2D eigenvalue weighted by Gasteiger charge is 2.21. The summed E-state index contributed by atoms with van der Waals surface area (Å²) >= 11 is 0. The van der Waals surface area contributed by atoms with Crippen molar-refractivity contribution >= 4 is 10.0 Å². The fourth-order valence-electron chi connectivity index (χ4n) is 3.32. The maximum Gasteiger partial charge on any atom is 0.240 e. The van der Waals surface area contributed by atoms with E-state index in [0.29, 0.717) is 12.3 Å². The van der Waals surface area contributed by atoms with Gasteiger partial charge in [0.15, 0.2) is 0 Å². The largest absolute Gasteiger partial charge is 0.497 e. The quantitative estimate of drug-likeness (QED) is 0.774. The zero-order chi connectivity index (χ0) is 16.9. The second kappa shape index (κ2) is 8.13. The van der Waals surface area contributed by atoms with E-state index in [2.05, 4.69) is 23.5 Å². The Morgan fingerprint density at radius 2 is 1.78 bits per heavy atom. The predicted molar refractivity (Wildman–Crippen MR) is 92.2 cm³/mol. The minimum Gasteiger partial charge on any atom is -0.497 e. The van der Waals surface area contributed by atoms with Gasteiger partial charge in [-0.3, -0.25) is 0 Å². The minimum atomic E-state index is -3.43. The summed E-state index contributed by atoms with van der Waals surface area (Å²) in [5, 5.41) is 0. The van der Waals surface area contributed by atoms with Crippen molar-refractivity contribution in [3.63, 3.8) is 0 Å². The number of nitrogens with zero attached hydrogens (tertiary/aromatic N) is 1. The number of rotatable bonds is 7. The molecular weight excluding hydrogens is 312 g/mol. The summed E-state index contributed by atoms with van der Waals surface area (Å²) in [7, 11) is -1.87. The number of nitrogens with one attached hydrogen (secondary N) is 1. The Balaban J connectivity index is 1.78. The number of piperidine rings is 1. The first kappa shape index (κ1) is 18.2. The normalized spacial score (nSPS) is 22.9. The van der Waals surface area contributed by atoms with E-state index in [9.17, 15) is 8.42 Å². The molecule has 0 spiro atoms. The van der Waals surface area contributed by atoms with Gasteiger partial charge in [-0.2, -0.15) is 0 Å². The van der Waals surface area contributed by atoms with Crippen LogP contribution in [0.3, 0.4) is 0 Å². The van der Waals surface area contributed by atoms with Gasteiger partial charge >= 0.3 is 0 Å². The van der Waals surface area contributed by atoms with Crippen molar-refractivity contribution in [3.8, 4) is 5.75 Å². The maximum atomic E-state index is 12.2. The van der Waals surface area contributed by atoms with E-state index in [-0.39, 0.29) is 4.90 Å². The molecular formula is C17H28N2O3S. The molecule has 0 bridgehead atoms. The highest BCUT2D eigenvalue weighted by molar-refractivity contribution is 7.89. The van der Waals surface area contributed by atoms with Crippen LogP contribution in [-0.4, -0.2) is 46.6 Å². The van der Waals surface area contributed by atoms with Gasteiger partial charge in [0.05, 0.1) is 12.0 Å². The molecule has 1 saturated heterocycles. The van der Waals surface area contributed by atoms with E-state index in [1.54, 1.807) is 31.4 Å². The SMILES string of the molecule is COc1ccc(S(=O)(=O)NCCCN2C[C@@H](C)C[C@H](C)C2)cc1. The summed E-state index contributed by atoms with van der Waals surface area (Å²) in [5.41, 5.74) is 0. The summed E-state index contributed by atoms with van der Waals surface area (Å²) in [5.74, 6) is 2.11. The first-order chi connectivity index (χ1) is 10.9. The summed E-state index contributed by atoms with van der Waals surface area (Å²) in [6, 6.07) is 6.44. The monoisotopic (exact) mass is 340 g/mol. The van der Waals surface area contributed by atoms with Gasteiger partial charge in [0.1, 0.15) is 5.75 Å². The minimum absolute atomic E-state index is 0.276. The summed E-state index contributed by atoms with van der Waals surface area (Å²) in [4.78, 5) is 2.72. The second-order valence-electron chi connectivity index (χ2n) is 6.63. The van der Waals surface area contributed by atoms with Crippen LogP contribution in [0.15, 0.2) is 29.2 Å². The molecule has 130 valence electrons. The standard InChI is InChI=1S/C17H28N2O3S/c1-14-11-15(2)13-19(12-14)10-4-9-18-23(20,21)17-7-5-16(22-3)6-8-17/h5-8,14-15,18H,4,9-13H2,1-3H3/t14-,15-/m0/s1. The van der Waals surface area contributed by atoms with Crippen LogP contribution in [0.25, 0.3) is 0 Å². The number of benzene rings is 1. The molecule has 1 N–H and O–H groups in total. The van der Waals surface area contributed by atoms with Crippen molar-refractivity contribution in [2.24, 2.45) is 11.8 Å². The van der Waals surface area contributed by atoms with E-state index in [0.717, 1.165) is 37.9 Å². The van der Waals surface area contributed by atoms with Gasteiger partial charge in [-0.05, 0) is 55.5 Å². The van der Waals surface area contributed by atoms with Crippen LogP contribution in [0.2, 0.25) is 0 Å². The Kier molecular flexibility index (Phi) is 6.44. The average molecular weight is 340 g/mol. The highest BCUT2D eigenvalue weighted by Crippen LogP contribution is 2.20. The Morgan fingerprint density at radius 3 is 2.35 bits per heavy atom. The first-order valence-corrected chi connectivity index (χ1v) is 9.75. The summed E-state index contributed by atoms with van der Waals surface area (Å²) in [6.45, 7) is 8.22. The fraction of sp³-hybridized carbons (Fsp3) is 0.647. The fourth-order valence-corrected chi connectivity index (χ4v) is 4.40. The molecule has 0 unspecified atom stereocenters. The van der Waals surface area contributed by atoms with Crippen molar-refractivity contribution < 1.29 is 13.2 Å². The average Bonchev–Trinajstić information content (AvgIpc) is 2.51. The molecule has 1 fully saturated rings. The number of sulfonamides is 1. The van der Waals surface area contributed by atoms with Crippen LogP contribution in [0.4, 0.5) is 0 Å². The zero-order valence-corrected chi connectivity index (χ0v) is 15.1. The van der Waals surface area contributed by atoms with Crippen LogP contribution in [0.5, 0.6) is 5.75 Å². The van der Waals surface area contributed by atoms with Gasteiger partial charge in [0.2, 0.25) is 10.0 Å². The summed E-state index contributed by atoms with van der Waals surface area (Å²) in [6.07, 6.45) is 2.12. The van der Waals surface area contributed by atoms with Crippen molar-refractivity contribution in [2.75, 3.05) is 33.3 Å². The van der Waals surface area contributed by atoms with E-state index >= 15 is 0 Å². The Morgan fingerprint density at radius 1 is 1.17 bits per heavy atom. The third kappa shape index (κ3) is 5.48. The maximum absolute atomic E-state index is 12.2. The second-order valence-corrected chi connectivity index (χ2v) is 8.40. The lowest BCUT2D eigenvalue weighted by atomic mass is 9.92. The van der Waals surface area contributed by atoms with Crippen LogP contribution in [-0.2, 0) is 10.0 Å². The van der Waals surface area contributed by atoms with Crippen LogP contribution in [0.1, 0.15) is 26.7 Å². The lowest BCUT2D eigenvalue weighted by molar-refractivity contribution is 0.140. The van der Waals surface area contributed by atoms with E-state index < -0.39 is 10.0 Å². The number of methoxy groups -OCH3 is 1. The third-order valence-corrected chi connectivity index (χ3v) is 5.73. The predicted octanol–water partition coefficient (Wildman–Crippen LogP) is 2.34. The highest BCUT2D eigenvalue weighted by atomic mass is 32.2. The van der Waals surface area contributed by atoms with E-state index in [1.165, 1.54) is 6.42 Å². The molecule has 0 amide bonds. The van der Waals surface area contributed by atoms with Crippen molar-refractivity contribution in [3.05, 3.63) is 24.3 Å². The van der Waals surface area contributed by atoms with Gasteiger partial charge in [-0.15, -0.1) is 0 Å². The number of likely N-dealkylation sites (tertiary alicyclic amines) is 1. The Labute approximate surface area is 140 Å². The Hall–Kier alpha value is -1.11. The van der Waals surface area contributed by atoms with E-state index in [1.807, 2.05) is 0 Å². The lowest BCUT2D eigenvalue weighted by Gasteiger charge is -2.34. The summed E-state index contributed by atoms with van der Waals surface area (Å²) < 4.78 is 32.2. The molecule has 23 heavy (non-hydrogen) atoms. The van der Waals surface area contributed by atoms with Crippen LogP contribution < -0.4 is 9.46 Å². The number of hydrogen-bond acceptors (Lipinski definition) is 4. The molecule has 1 aliphatic heterocycles. The molecule has 0 aliphatic carbocycles. The molecule has 1 aliphatic rings. The molecule has 0 aromatic heterocycles. The zero-order valence-electron chi connectivity index (χ0n) is 14.3. The molecule has 0 radical (unpaired) electrons. The van der Waals surface area contributed by atoms with Gasteiger partial charge in [-0.25, -0.2) is 13.1 Å². The topological polar surface area (TPSA) is 58.6 Å². The molecule has 1 heterocycles. The molecule has 5 nitrogen and oxygen atoms in total. The molecule has 1 aromatic rings. The van der Waals surface area contributed by atoms with Gasteiger partial charge in [0, 0.05) is 19.6 Å². The van der Waals surface area contributed by atoms with Crippen molar-refractivity contribution in [1.82, 2.24) is 9.62 Å². The van der Waals surface area contributed by atoms with Crippen LogP contribution >= 0.6 is 0 Å². The third-order valence-electron chi connectivity index (χ3n) is 4.26. The number of hydrogen-bond donors (Lipinski definition) is 1. The van der Waals surface area contributed by atoms with Gasteiger partial charge in [0.25, 0.3) is 0 Å². The molecule has 2 atom stereocenters. The van der Waals surface area contributed by atoms with Crippen LogP contribution in [0, 0.1) is 11.8 Å². The smallest absolute Gasteiger partial charge is 0.240 e. The van der Waals surface area contributed by atoms with Crippen molar-refractivity contribution in [2.45, 2.75) is 31.6 Å². The molecule has 6 heteroatoms. The van der Waals surface area contributed by atoms with E-state index in [4.69, 9.17) is 4.74 Å². The first-order valence-electron chi connectivity index (χ1n) is 8.27. The molecule has 1 aromatic carbocycles. The molecule has 2 rings (SSSR count). The molecule has 0 saturated carbocycles. The van der Waals surface area contributed by atoms with Gasteiger partial charge < -0.3 is 9.64 Å². The lowest BCUT2D eigenvalue weighted by Crippen LogP contribution is -2.40.